The number of hydrogen-bond donors (Lipinski definition) is 0. The van der Waals surface area contributed by atoms with Crippen LogP contribution in [0.3, 0.4) is 0 Å². The Hall–Kier alpha value is -0.610. The fourth-order valence-corrected chi connectivity index (χ4v) is 9.21. The number of carbonyl (C=O) groups is 1. The van der Waals surface area contributed by atoms with Crippen molar-refractivity contribution >= 4 is 5.97 Å². The predicted octanol–water partition coefficient (Wildman–Crippen LogP) is 4.41. The minimum atomic E-state index is 0.0772. The summed E-state index contributed by atoms with van der Waals surface area (Å²) in [7, 11) is 0. The van der Waals surface area contributed by atoms with Crippen LogP contribution < -0.4 is 0 Å². The molecule has 1 spiro atoms. The van der Waals surface area contributed by atoms with Crippen LogP contribution in [0.15, 0.2) is 0 Å². The van der Waals surface area contributed by atoms with Crippen LogP contribution in [0.2, 0.25) is 0 Å². The lowest BCUT2D eigenvalue weighted by Gasteiger charge is -2.51. The summed E-state index contributed by atoms with van der Waals surface area (Å²) in [5.41, 5.74) is 1.30. The monoisotopic (exact) mass is 401 g/mol. The summed E-state index contributed by atoms with van der Waals surface area (Å²) in [6, 6.07) is 0.650. The third-order valence-corrected chi connectivity index (χ3v) is 10.0. The molecule has 6 rings (SSSR count). The Labute approximate surface area is 176 Å². The maximum absolute atomic E-state index is 13.0. The zero-order valence-electron chi connectivity index (χ0n) is 18.8. The van der Waals surface area contributed by atoms with Gasteiger partial charge in [0.2, 0.25) is 0 Å². The third kappa shape index (κ3) is 2.87. The molecule has 3 aliphatic carbocycles. The van der Waals surface area contributed by atoms with Crippen molar-refractivity contribution in [1.82, 2.24) is 4.90 Å². The molecule has 3 saturated heterocycles. The van der Waals surface area contributed by atoms with E-state index in [1.54, 1.807) is 0 Å². The summed E-state index contributed by atoms with van der Waals surface area (Å²) in [6.07, 6.45) is 10.0. The van der Waals surface area contributed by atoms with Gasteiger partial charge in [-0.25, -0.2) is 0 Å². The lowest BCUT2D eigenvalue weighted by molar-refractivity contribution is -0.147. The second-order valence-corrected chi connectivity index (χ2v) is 13.2. The van der Waals surface area contributed by atoms with Crippen molar-refractivity contribution in [2.45, 2.75) is 96.8 Å². The van der Waals surface area contributed by atoms with E-state index in [1.807, 2.05) is 0 Å². The van der Waals surface area contributed by atoms with Crippen LogP contribution in [0, 0.1) is 34.0 Å². The second kappa shape index (κ2) is 5.79. The van der Waals surface area contributed by atoms with Crippen molar-refractivity contribution in [2.24, 2.45) is 34.0 Å². The molecule has 3 aliphatic heterocycles. The van der Waals surface area contributed by atoms with Gasteiger partial charge in [-0.3, -0.25) is 9.69 Å². The van der Waals surface area contributed by atoms with Gasteiger partial charge in [-0.05, 0) is 73.5 Å². The van der Waals surface area contributed by atoms with Gasteiger partial charge in [-0.2, -0.15) is 0 Å². The van der Waals surface area contributed by atoms with E-state index in [9.17, 15) is 4.79 Å². The molecule has 3 saturated carbocycles. The molecule has 0 amide bonds. The van der Waals surface area contributed by atoms with Crippen LogP contribution in [0.1, 0.15) is 79.1 Å². The fourth-order valence-electron chi connectivity index (χ4n) is 9.21. The molecule has 2 bridgehead atoms. The van der Waals surface area contributed by atoms with Crippen LogP contribution >= 0.6 is 0 Å². The normalized spacial score (nSPS) is 55.4. The first-order valence-corrected chi connectivity index (χ1v) is 12.2. The SMILES string of the molecule is CC1(C)C[C@H]2C[C@@](C)(CN2C[C@@H]2C(=O)O[C@@H]3C[C@@]4(C)CCC[C@]5(CO5)[C@@H]4C[C@H]23)C1. The number of hydrogen-bond acceptors (Lipinski definition) is 4. The number of nitrogens with zero attached hydrogens (tertiary/aromatic N) is 1. The summed E-state index contributed by atoms with van der Waals surface area (Å²) in [6.45, 7) is 12.8. The highest BCUT2D eigenvalue weighted by Gasteiger charge is 2.65. The summed E-state index contributed by atoms with van der Waals surface area (Å²) >= 11 is 0. The Morgan fingerprint density at radius 1 is 1.10 bits per heavy atom. The number of likely N-dealkylation sites (tertiary alicyclic amines) is 1. The highest BCUT2D eigenvalue weighted by atomic mass is 16.6. The van der Waals surface area contributed by atoms with Gasteiger partial charge in [0, 0.05) is 25.0 Å². The number of carbonyl (C=O) groups excluding carboxylic acids is 1. The van der Waals surface area contributed by atoms with E-state index in [4.69, 9.17) is 9.47 Å². The van der Waals surface area contributed by atoms with Crippen LogP contribution in [0.4, 0.5) is 0 Å². The first-order valence-electron chi connectivity index (χ1n) is 12.2. The Bertz CT molecular complexity index is 730. The average molecular weight is 402 g/mol. The summed E-state index contributed by atoms with van der Waals surface area (Å²) in [4.78, 5) is 15.7. The van der Waals surface area contributed by atoms with Gasteiger partial charge in [0.25, 0.3) is 0 Å². The molecule has 3 heterocycles. The van der Waals surface area contributed by atoms with Crippen molar-refractivity contribution in [3.8, 4) is 0 Å². The smallest absolute Gasteiger partial charge is 0.310 e. The Morgan fingerprint density at radius 3 is 2.66 bits per heavy atom. The minimum Gasteiger partial charge on any atom is -0.462 e. The quantitative estimate of drug-likeness (QED) is 0.508. The Morgan fingerprint density at radius 2 is 1.90 bits per heavy atom. The van der Waals surface area contributed by atoms with Gasteiger partial charge < -0.3 is 9.47 Å². The van der Waals surface area contributed by atoms with E-state index in [2.05, 4.69) is 32.6 Å². The van der Waals surface area contributed by atoms with E-state index >= 15 is 0 Å². The van der Waals surface area contributed by atoms with Crippen molar-refractivity contribution in [3.05, 3.63) is 0 Å². The third-order valence-electron chi connectivity index (χ3n) is 10.0. The van der Waals surface area contributed by atoms with Gasteiger partial charge in [0.05, 0.1) is 18.1 Å². The lowest BCUT2D eigenvalue weighted by Crippen LogP contribution is -2.51. The van der Waals surface area contributed by atoms with Crippen molar-refractivity contribution in [2.75, 3.05) is 19.7 Å². The summed E-state index contributed by atoms with van der Waals surface area (Å²) < 4.78 is 12.1. The number of rotatable bonds is 2. The van der Waals surface area contributed by atoms with E-state index in [-0.39, 0.29) is 23.6 Å². The number of ether oxygens (including phenoxy) is 2. The van der Waals surface area contributed by atoms with Crippen molar-refractivity contribution in [3.63, 3.8) is 0 Å². The highest BCUT2D eigenvalue weighted by molar-refractivity contribution is 5.75. The van der Waals surface area contributed by atoms with E-state index < -0.39 is 0 Å². The zero-order valence-corrected chi connectivity index (χ0v) is 18.8. The van der Waals surface area contributed by atoms with Crippen LogP contribution in [0.5, 0.6) is 0 Å². The number of esters is 1. The van der Waals surface area contributed by atoms with Crippen LogP contribution in [-0.2, 0) is 14.3 Å². The molecule has 0 unspecified atom stereocenters. The molecule has 162 valence electrons. The first-order chi connectivity index (χ1) is 13.6. The molecule has 0 N–H and O–H groups in total. The van der Waals surface area contributed by atoms with Gasteiger partial charge in [-0.1, -0.05) is 27.7 Å². The van der Waals surface area contributed by atoms with E-state index in [1.165, 1.54) is 38.5 Å². The topological polar surface area (TPSA) is 42.1 Å². The lowest BCUT2D eigenvalue weighted by atomic mass is 9.53. The summed E-state index contributed by atoms with van der Waals surface area (Å²) in [5.74, 6) is 1.20. The summed E-state index contributed by atoms with van der Waals surface area (Å²) in [5, 5.41) is 0. The predicted molar refractivity (Wildman–Crippen MR) is 111 cm³/mol. The molecule has 0 aromatic heterocycles. The molecule has 0 aromatic carbocycles. The zero-order chi connectivity index (χ0) is 20.2. The standard InChI is InChI=1S/C25H39NO3/c1-22(2)9-16-10-23(3,13-22)14-26(16)12-18-17-8-20-24(4,11-19(17)29-21(18)27)6-5-7-25(20)15-28-25/h16-20H,5-15H2,1-4H3/t16-,17+,18-,19+,20+,23+,24+,25-/m0/s1. The average Bonchev–Trinajstić information content (AvgIpc) is 3.23. The number of epoxide rings is 1. The Balaban J connectivity index is 1.22. The van der Waals surface area contributed by atoms with Crippen molar-refractivity contribution in [1.29, 1.82) is 0 Å². The van der Waals surface area contributed by atoms with Gasteiger partial charge in [0.1, 0.15) is 6.10 Å². The van der Waals surface area contributed by atoms with Gasteiger partial charge in [0.15, 0.2) is 0 Å². The molecule has 4 heteroatoms. The van der Waals surface area contributed by atoms with Crippen molar-refractivity contribution < 1.29 is 14.3 Å². The number of fused-ring (bicyclic) bond motifs is 5. The molecule has 8 atom stereocenters. The molecular weight excluding hydrogens is 362 g/mol. The molecule has 29 heavy (non-hydrogen) atoms. The van der Waals surface area contributed by atoms with E-state index in [0.717, 1.165) is 32.5 Å². The molecule has 6 aliphatic rings. The molecule has 6 fully saturated rings. The maximum Gasteiger partial charge on any atom is 0.310 e. The maximum atomic E-state index is 13.0. The second-order valence-electron chi connectivity index (χ2n) is 13.2. The fraction of sp³-hybridized carbons (Fsp3) is 0.960. The van der Waals surface area contributed by atoms with E-state index in [0.29, 0.717) is 34.1 Å². The van der Waals surface area contributed by atoms with Gasteiger partial charge >= 0.3 is 5.97 Å². The molecule has 0 radical (unpaired) electrons. The highest BCUT2D eigenvalue weighted by Crippen LogP contribution is 2.63. The largest absolute Gasteiger partial charge is 0.462 e. The molecular formula is C25H39NO3. The van der Waals surface area contributed by atoms with Crippen LogP contribution in [0.25, 0.3) is 0 Å². The van der Waals surface area contributed by atoms with Gasteiger partial charge in [-0.15, -0.1) is 0 Å². The minimum absolute atomic E-state index is 0.0772. The first kappa shape index (κ1) is 19.1. The molecule has 4 nitrogen and oxygen atoms in total. The Kier molecular flexibility index (Phi) is 3.82. The molecule has 0 aromatic rings. The van der Waals surface area contributed by atoms with Crippen LogP contribution in [-0.4, -0.2) is 48.3 Å².